The van der Waals surface area contributed by atoms with Gasteiger partial charge in [0.05, 0.1) is 22.7 Å². The molecule has 1 saturated heterocycles. The second kappa shape index (κ2) is 6.59. The van der Waals surface area contributed by atoms with E-state index in [0.29, 0.717) is 30.0 Å². The largest absolute Gasteiger partial charge is 0.395 e. The van der Waals surface area contributed by atoms with E-state index in [1.165, 1.54) is 4.31 Å². The molecule has 4 N–H and O–H groups in total. The van der Waals surface area contributed by atoms with E-state index in [1.54, 1.807) is 18.2 Å². The number of H-pyrrole nitrogens is 1. The van der Waals surface area contributed by atoms with Gasteiger partial charge in [0.25, 0.3) is 0 Å². The summed E-state index contributed by atoms with van der Waals surface area (Å²) in [6, 6.07) is 8.36. The zero-order chi connectivity index (χ0) is 19.2. The van der Waals surface area contributed by atoms with Crippen molar-refractivity contribution < 1.29 is 13.5 Å². The smallest absolute Gasteiger partial charge is 0.243 e. The number of rotatable bonds is 4. The van der Waals surface area contributed by atoms with Crippen LogP contribution in [0, 0.1) is 6.92 Å². The SMILES string of the molecule is Cc1cc(S(=O)(=O)N2CCC[C@H]2CO)ccc1-c1ccc2[nH]nc(N)c2n1. The highest BCUT2D eigenvalue weighted by Gasteiger charge is 2.35. The number of aryl methyl sites for hydroxylation is 1. The van der Waals surface area contributed by atoms with E-state index >= 15 is 0 Å². The lowest BCUT2D eigenvalue weighted by Crippen LogP contribution is -2.37. The summed E-state index contributed by atoms with van der Waals surface area (Å²) in [6.45, 7) is 2.13. The third kappa shape index (κ3) is 2.97. The van der Waals surface area contributed by atoms with Crippen molar-refractivity contribution in [2.45, 2.75) is 30.7 Å². The number of sulfonamides is 1. The topological polar surface area (TPSA) is 125 Å². The molecule has 9 heteroatoms. The maximum absolute atomic E-state index is 13.0. The standard InChI is InChI=1S/C18H21N5O3S/c1-11-9-13(27(25,26)23-8-2-3-12(23)10-24)4-5-14(11)15-6-7-16-17(20-15)18(19)22-21-16/h4-7,9,12,24H,2-3,8,10H2,1H3,(H3,19,21,22)/t12-/m0/s1. The second-order valence-electron chi connectivity index (χ2n) is 6.77. The first-order valence-electron chi connectivity index (χ1n) is 8.76. The minimum Gasteiger partial charge on any atom is -0.395 e. The number of aromatic amines is 1. The van der Waals surface area contributed by atoms with E-state index < -0.39 is 10.0 Å². The Kier molecular flexibility index (Phi) is 4.37. The highest BCUT2D eigenvalue weighted by atomic mass is 32.2. The van der Waals surface area contributed by atoms with Crippen molar-refractivity contribution in [2.75, 3.05) is 18.9 Å². The van der Waals surface area contributed by atoms with Crippen LogP contribution < -0.4 is 5.73 Å². The number of anilines is 1. The molecule has 2 aromatic heterocycles. The van der Waals surface area contributed by atoms with Crippen molar-refractivity contribution in [1.29, 1.82) is 0 Å². The van der Waals surface area contributed by atoms with Gasteiger partial charge in [-0.3, -0.25) is 5.10 Å². The van der Waals surface area contributed by atoms with E-state index in [4.69, 9.17) is 5.73 Å². The zero-order valence-electron chi connectivity index (χ0n) is 14.9. The average Bonchev–Trinajstić information content (AvgIpc) is 3.28. The molecule has 8 nitrogen and oxygen atoms in total. The van der Waals surface area contributed by atoms with Gasteiger partial charge in [-0.05, 0) is 49.6 Å². The van der Waals surface area contributed by atoms with Crippen molar-refractivity contribution in [3.8, 4) is 11.3 Å². The zero-order valence-corrected chi connectivity index (χ0v) is 15.7. The Hall–Kier alpha value is -2.49. The number of aliphatic hydroxyl groups excluding tert-OH is 1. The van der Waals surface area contributed by atoms with Crippen LogP contribution in [0.1, 0.15) is 18.4 Å². The molecule has 3 heterocycles. The number of nitrogens with zero attached hydrogens (tertiary/aromatic N) is 3. The molecule has 142 valence electrons. The van der Waals surface area contributed by atoms with Gasteiger partial charge in [-0.2, -0.15) is 9.40 Å². The van der Waals surface area contributed by atoms with Gasteiger partial charge >= 0.3 is 0 Å². The van der Waals surface area contributed by atoms with E-state index in [1.807, 2.05) is 19.1 Å². The summed E-state index contributed by atoms with van der Waals surface area (Å²) in [5.41, 5.74) is 9.49. The highest BCUT2D eigenvalue weighted by Crippen LogP contribution is 2.30. The molecule has 0 aliphatic carbocycles. The average molecular weight is 387 g/mol. The third-order valence-corrected chi connectivity index (χ3v) is 7.00. The molecule has 3 aromatic rings. The highest BCUT2D eigenvalue weighted by molar-refractivity contribution is 7.89. The van der Waals surface area contributed by atoms with Gasteiger partial charge in [-0.1, -0.05) is 6.07 Å². The van der Waals surface area contributed by atoms with E-state index in [9.17, 15) is 13.5 Å². The minimum atomic E-state index is -3.64. The summed E-state index contributed by atoms with van der Waals surface area (Å²) in [5.74, 6) is 0.327. The Morgan fingerprint density at radius 3 is 2.89 bits per heavy atom. The first-order valence-corrected chi connectivity index (χ1v) is 10.2. The minimum absolute atomic E-state index is 0.160. The summed E-state index contributed by atoms with van der Waals surface area (Å²) in [5, 5.41) is 16.2. The quantitative estimate of drug-likeness (QED) is 0.625. The molecule has 1 aliphatic heterocycles. The van der Waals surface area contributed by atoms with E-state index in [2.05, 4.69) is 15.2 Å². The van der Waals surface area contributed by atoms with Crippen LogP contribution in [0.15, 0.2) is 35.2 Å². The number of nitrogen functional groups attached to an aromatic ring is 1. The number of hydrogen-bond acceptors (Lipinski definition) is 6. The van der Waals surface area contributed by atoms with Crippen molar-refractivity contribution in [1.82, 2.24) is 19.5 Å². The number of benzene rings is 1. The summed E-state index contributed by atoms with van der Waals surface area (Å²) < 4.78 is 27.3. The van der Waals surface area contributed by atoms with Gasteiger partial charge in [-0.15, -0.1) is 0 Å². The molecule has 1 fully saturated rings. The Morgan fingerprint density at radius 2 is 2.15 bits per heavy atom. The number of hydrogen-bond donors (Lipinski definition) is 3. The van der Waals surface area contributed by atoms with Crippen LogP contribution in [0.3, 0.4) is 0 Å². The van der Waals surface area contributed by atoms with Gasteiger partial charge in [-0.25, -0.2) is 13.4 Å². The van der Waals surface area contributed by atoms with Gasteiger partial charge in [0, 0.05) is 18.2 Å². The number of fused-ring (bicyclic) bond motifs is 1. The molecule has 1 aromatic carbocycles. The van der Waals surface area contributed by atoms with Crippen LogP contribution >= 0.6 is 0 Å². The van der Waals surface area contributed by atoms with Crippen LogP contribution in [0.4, 0.5) is 5.82 Å². The fraction of sp³-hybridized carbons (Fsp3) is 0.333. The molecule has 0 spiro atoms. The molecule has 1 atom stereocenters. The van der Waals surface area contributed by atoms with Crippen LogP contribution in [-0.4, -0.2) is 52.2 Å². The van der Waals surface area contributed by atoms with Gasteiger partial charge < -0.3 is 10.8 Å². The number of aromatic nitrogens is 3. The number of aliphatic hydroxyl groups is 1. The molecule has 27 heavy (non-hydrogen) atoms. The second-order valence-corrected chi connectivity index (χ2v) is 8.66. The predicted molar refractivity (Wildman–Crippen MR) is 102 cm³/mol. The molecule has 0 bridgehead atoms. The van der Waals surface area contributed by atoms with Crippen molar-refractivity contribution in [3.05, 3.63) is 35.9 Å². The molecule has 4 rings (SSSR count). The first-order chi connectivity index (χ1) is 12.9. The molecule has 0 saturated carbocycles. The Bertz CT molecular complexity index is 1110. The number of nitrogens with one attached hydrogen (secondary N) is 1. The number of pyridine rings is 1. The van der Waals surface area contributed by atoms with Crippen LogP contribution in [0.25, 0.3) is 22.3 Å². The Balaban J connectivity index is 1.72. The monoisotopic (exact) mass is 387 g/mol. The molecule has 0 radical (unpaired) electrons. The maximum Gasteiger partial charge on any atom is 0.243 e. The summed E-state index contributed by atoms with van der Waals surface area (Å²) in [6.07, 6.45) is 1.44. The van der Waals surface area contributed by atoms with E-state index in [-0.39, 0.29) is 17.5 Å². The third-order valence-electron chi connectivity index (χ3n) is 5.05. The fourth-order valence-corrected chi connectivity index (χ4v) is 5.37. The van der Waals surface area contributed by atoms with Gasteiger partial charge in [0.15, 0.2) is 5.82 Å². The van der Waals surface area contributed by atoms with Gasteiger partial charge in [0.2, 0.25) is 10.0 Å². The molecular formula is C18H21N5O3S. The van der Waals surface area contributed by atoms with Crippen LogP contribution in [0.2, 0.25) is 0 Å². The maximum atomic E-state index is 13.0. The first kappa shape index (κ1) is 17.9. The van der Waals surface area contributed by atoms with Crippen LogP contribution in [0.5, 0.6) is 0 Å². The predicted octanol–water partition coefficient (Wildman–Crippen LogP) is 1.66. The number of nitrogens with two attached hydrogens (primary N) is 1. The molecule has 1 aliphatic rings. The lowest BCUT2D eigenvalue weighted by Gasteiger charge is -2.22. The molecule has 0 amide bonds. The van der Waals surface area contributed by atoms with Crippen molar-refractivity contribution >= 4 is 26.9 Å². The van der Waals surface area contributed by atoms with Crippen molar-refractivity contribution in [2.24, 2.45) is 0 Å². The Morgan fingerprint density at radius 1 is 1.33 bits per heavy atom. The van der Waals surface area contributed by atoms with Crippen molar-refractivity contribution in [3.63, 3.8) is 0 Å². The lowest BCUT2D eigenvalue weighted by atomic mass is 10.1. The summed E-state index contributed by atoms with van der Waals surface area (Å²) >= 11 is 0. The van der Waals surface area contributed by atoms with Gasteiger partial charge in [0.1, 0.15) is 5.52 Å². The lowest BCUT2D eigenvalue weighted by molar-refractivity contribution is 0.213. The molecular weight excluding hydrogens is 366 g/mol. The summed E-state index contributed by atoms with van der Waals surface area (Å²) in [7, 11) is -3.64. The normalized spacial score (nSPS) is 18.4. The Labute approximate surface area is 157 Å². The summed E-state index contributed by atoms with van der Waals surface area (Å²) in [4.78, 5) is 4.78. The molecule has 0 unspecified atom stereocenters. The van der Waals surface area contributed by atoms with E-state index in [0.717, 1.165) is 23.1 Å². The fourth-order valence-electron chi connectivity index (χ4n) is 3.60. The van der Waals surface area contributed by atoms with Crippen LogP contribution in [-0.2, 0) is 10.0 Å².